The minimum atomic E-state index is 0.105. The fourth-order valence-corrected chi connectivity index (χ4v) is 3.36. The van der Waals surface area contributed by atoms with Gasteiger partial charge in [-0.15, -0.1) is 0 Å². The number of nitrogens with zero attached hydrogens (tertiary/aromatic N) is 1. The lowest BCUT2D eigenvalue weighted by molar-refractivity contribution is 0.0747. The van der Waals surface area contributed by atoms with Crippen molar-refractivity contribution in [3.63, 3.8) is 0 Å². The van der Waals surface area contributed by atoms with Crippen LogP contribution in [0.4, 0.5) is 5.69 Å². The Morgan fingerprint density at radius 2 is 2.17 bits per heavy atom. The van der Waals surface area contributed by atoms with E-state index < -0.39 is 0 Å². The molecule has 1 aromatic rings. The number of amides is 1. The SMILES string of the molecule is Cc1c(N)cccc1C(=O)N1CCSC(C)(C)C1. The molecule has 0 spiro atoms. The van der Waals surface area contributed by atoms with Crippen molar-refractivity contribution in [3.05, 3.63) is 29.3 Å². The van der Waals surface area contributed by atoms with Crippen LogP contribution in [0.15, 0.2) is 18.2 Å². The van der Waals surface area contributed by atoms with Crippen LogP contribution in [0.2, 0.25) is 0 Å². The summed E-state index contributed by atoms with van der Waals surface area (Å²) in [6.45, 7) is 7.89. The van der Waals surface area contributed by atoms with E-state index in [0.717, 1.165) is 30.0 Å². The van der Waals surface area contributed by atoms with Crippen molar-refractivity contribution in [1.82, 2.24) is 4.90 Å². The van der Waals surface area contributed by atoms with Gasteiger partial charge in [0.1, 0.15) is 0 Å². The van der Waals surface area contributed by atoms with Gasteiger partial charge in [-0.1, -0.05) is 6.07 Å². The van der Waals surface area contributed by atoms with Crippen LogP contribution in [0.25, 0.3) is 0 Å². The van der Waals surface area contributed by atoms with E-state index in [-0.39, 0.29) is 10.7 Å². The molecule has 1 fully saturated rings. The number of benzene rings is 1. The minimum absolute atomic E-state index is 0.105. The molecule has 1 saturated heterocycles. The number of rotatable bonds is 1. The van der Waals surface area contributed by atoms with Gasteiger partial charge in [0.05, 0.1) is 0 Å². The second kappa shape index (κ2) is 4.84. The minimum Gasteiger partial charge on any atom is -0.398 e. The summed E-state index contributed by atoms with van der Waals surface area (Å²) in [6.07, 6.45) is 0. The summed E-state index contributed by atoms with van der Waals surface area (Å²) < 4.78 is 0.141. The molecule has 1 aliphatic rings. The van der Waals surface area contributed by atoms with E-state index in [9.17, 15) is 4.79 Å². The Kier molecular flexibility index (Phi) is 3.57. The van der Waals surface area contributed by atoms with Crippen molar-refractivity contribution in [3.8, 4) is 0 Å². The standard InChI is InChI=1S/C14H20N2OS/c1-10-11(5-4-6-12(10)15)13(17)16-7-8-18-14(2,3)9-16/h4-6H,7-9,15H2,1-3H3. The van der Waals surface area contributed by atoms with Gasteiger partial charge in [0.2, 0.25) is 0 Å². The summed E-state index contributed by atoms with van der Waals surface area (Å²) >= 11 is 1.93. The van der Waals surface area contributed by atoms with Crippen LogP contribution in [0, 0.1) is 6.92 Å². The predicted molar refractivity (Wildman–Crippen MR) is 78.0 cm³/mol. The Morgan fingerprint density at radius 1 is 1.44 bits per heavy atom. The fraction of sp³-hybridized carbons (Fsp3) is 0.500. The molecule has 98 valence electrons. The molecule has 0 radical (unpaired) electrons. The van der Waals surface area contributed by atoms with Crippen LogP contribution >= 0.6 is 11.8 Å². The average molecular weight is 264 g/mol. The third kappa shape index (κ3) is 2.64. The number of nitrogen functional groups attached to an aromatic ring is 1. The zero-order valence-electron chi connectivity index (χ0n) is 11.2. The van der Waals surface area contributed by atoms with Gasteiger partial charge >= 0.3 is 0 Å². The third-order valence-corrected chi connectivity index (χ3v) is 4.62. The lowest BCUT2D eigenvalue weighted by atomic mass is 10.0. The Bertz CT molecular complexity index is 471. The molecule has 2 rings (SSSR count). The largest absolute Gasteiger partial charge is 0.398 e. The van der Waals surface area contributed by atoms with Gasteiger partial charge in [-0.3, -0.25) is 4.79 Å². The maximum absolute atomic E-state index is 12.5. The van der Waals surface area contributed by atoms with Gasteiger partial charge in [-0.25, -0.2) is 0 Å². The molecular weight excluding hydrogens is 244 g/mol. The molecule has 18 heavy (non-hydrogen) atoms. The van der Waals surface area contributed by atoms with Crippen LogP contribution in [0.3, 0.4) is 0 Å². The molecule has 1 aromatic carbocycles. The first kappa shape index (κ1) is 13.3. The van der Waals surface area contributed by atoms with Crippen LogP contribution in [0.5, 0.6) is 0 Å². The lowest BCUT2D eigenvalue weighted by Gasteiger charge is -2.37. The number of hydrogen-bond acceptors (Lipinski definition) is 3. The second-order valence-electron chi connectivity index (χ2n) is 5.35. The maximum atomic E-state index is 12.5. The summed E-state index contributed by atoms with van der Waals surface area (Å²) in [5.74, 6) is 1.10. The van der Waals surface area contributed by atoms with E-state index in [2.05, 4.69) is 13.8 Å². The molecule has 1 aliphatic heterocycles. The van der Waals surface area contributed by atoms with Crippen molar-refractivity contribution >= 4 is 23.4 Å². The van der Waals surface area contributed by atoms with Gasteiger partial charge in [0.25, 0.3) is 5.91 Å². The number of thioether (sulfide) groups is 1. The summed E-state index contributed by atoms with van der Waals surface area (Å²) in [5.41, 5.74) is 8.17. The first-order chi connectivity index (χ1) is 8.41. The maximum Gasteiger partial charge on any atom is 0.254 e. The van der Waals surface area contributed by atoms with Gasteiger partial charge < -0.3 is 10.6 Å². The van der Waals surface area contributed by atoms with Crippen molar-refractivity contribution in [2.75, 3.05) is 24.6 Å². The molecule has 4 heteroatoms. The van der Waals surface area contributed by atoms with Crippen molar-refractivity contribution in [1.29, 1.82) is 0 Å². The monoisotopic (exact) mass is 264 g/mol. The highest BCUT2D eigenvalue weighted by atomic mass is 32.2. The molecule has 0 unspecified atom stereocenters. The van der Waals surface area contributed by atoms with E-state index >= 15 is 0 Å². The summed E-state index contributed by atoms with van der Waals surface area (Å²) in [6, 6.07) is 5.55. The summed E-state index contributed by atoms with van der Waals surface area (Å²) in [5, 5.41) is 0. The zero-order chi connectivity index (χ0) is 13.3. The Hall–Kier alpha value is -1.16. The van der Waals surface area contributed by atoms with E-state index in [0.29, 0.717) is 5.69 Å². The Labute approximate surface area is 113 Å². The molecule has 0 atom stereocenters. The first-order valence-corrected chi connectivity index (χ1v) is 7.17. The van der Waals surface area contributed by atoms with Gasteiger partial charge in [-0.05, 0) is 38.5 Å². The topological polar surface area (TPSA) is 46.3 Å². The summed E-state index contributed by atoms with van der Waals surface area (Å²) in [7, 11) is 0. The van der Waals surface area contributed by atoms with E-state index in [1.165, 1.54) is 0 Å². The number of hydrogen-bond donors (Lipinski definition) is 1. The molecule has 2 N–H and O–H groups in total. The normalized spacial score (nSPS) is 18.7. The summed E-state index contributed by atoms with van der Waals surface area (Å²) in [4.78, 5) is 14.5. The van der Waals surface area contributed by atoms with Crippen molar-refractivity contribution in [2.24, 2.45) is 0 Å². The quantitative estimate of drug-likeness (QED) is 0.793. The third-order valence-electron chi connectivity index (χ3n) is 3.32. The first-order valence-electron chi connectivity index (χ1n) is 6.19. The van der Waals surface area contributed by atoms with Crippen molar-refractivity contribution in [2.45, 2.75) is 25.5 Å². The molecule has 1 amide bonds. The smallest absolute Gasteiger partial charge is 0.254 e. The molecule has 1 heterocycles. The van der Waals surface area contributed by atoms with Crippen LogP contribution in [-0.4, -0.2) is 34.4 Å². The van der Waals surface area contributed by atoms with Crippen LogP contribution in [-0.2, 0) is 0 Å². The Balaban J connectivity index is 2.23. The highest BCUT2D eigenvalue weighted by Gasteiger charge is 2.30. The number of anilines is 1. The fourth-order valence-electron chi connectivity index (χ4n) is 2.25. The lowest BCUT2D eigenvalue weighted by Crippen LogP contribution is -2.46. The number of nitrogens with two attached hydrogens (primary N) is 1. The molecule has 0 bridgehead atoms. The highest BCUT2D eigenvalue weighted by molar-refractivity contribution is 8.00. The molecule has 3 nitrogen and oxygen atoms in total. The van der Waals surface area contributed by atoms with E-state index in [4.69, 9.17) is 5.73 Å². The molecular formula is C14H20N2OS. The van der Waals surface area contributed by atoms with Gasteiger partial charge in [-0.2, -0.15) is 11.8 Å². The number of carbonyl (C=O) groups is 1. The molecule has 0 saturated carbocycles. The van der Waals surface area contributed by atoms with Gasteiger partial charge in [0.15, 0.2) is 0 Å². The van der Waals surface area contributed by atoms with Crippen LogP contribution in [0.1, 0.15) is 29.8 Å². The Morgan fingerprint density at radius 3 is 2.83 bits per heavy atom. The van der Waals surface area contributed by atoms with Crippen molar-refractivity contribution < 1.29 is 4.79 Å². The van der Waals surface area contributed by atoms with E-state index in [1.807, 2.05) is 41.8 Å². The predicted octanol–water partition coefficient (Wildman–Crippen LogP) is 2.54. The van der Waals surface area contributed by atoms with Gasteiger partial charge in [0, 0.05) is 34.8 Å². The van der Waals surface area contributed by atoms with Crippen LogP contribution < -0.4 is 5.73 Å². The molecule has 0 aromatic heterocycles. The number of carbonyl (C=O) groups excluding carboxylic acids is 1. The molecule has 0 aliphatic carbocycles. The van der Waals surface area contributed by atoms with E-state index in [1.54, 1.807) is 0 Å². The second-order valence-corrected chi connectivity index (χ2v) is 7.16. The average Bonchev–Trinajstić information content (AvgIpc) is 2.30. The highest BCUT2D eigenvalue weighted by Crippen LogP contribution is 2.30. The zero-order valence-corrected chi connectivity index (χ0v) is 12.0.